The van der Waals surface area contributed by atoms with Crippen molar-refractivity contribution in [3.8, 4) is 0 Å². The molecule has 1 aromatic rings. The average Bonchev–Trinajstić information content (AvgIpc) is 2.10. The van der Waals surface area contributed by atoms with Gasteiger partial charge in [0.25, 0.3) is 0 Å². The summed E-state index contributed by atoms with van der Waals surface area (Å²) in [5.41, 5.74) is 0. The van der Waals surface area contributed by atoms with Gasteiger partial charge in [-0.3, -0.25) is 0 Å². The third-order valence-corrected chi connectivity index (χ3v) is 0.667. The maximum Gasteiger partial charge on any atom is 0.231 e. The predicted octanol–water partition coefficient (Wildman–Crippen LogP) is 3.40. The van der Waals surface area contributed by atoms with Gasteiger partial charge in [0.05, 0.1) is 0 Å². The molecule has 0 spiro atoms. The van der Waals surface area contributed by atoms with E-state index in [4.69, 9.17) is 20.4 Å². The Morgan fingerprint density at radius 3 is 0.733 bits per heavy atom. The average molecular weight is 212 g/mol. The highest BCUT2D eigenvalue weighted by Gasteiger charge is 1.57. The molecule has 1 rings (SSSR count). The topological polar surface area (TPSA) is 81.8 Å². The van der Waals surface area contributed by atoms with Gasteiger partial charge in [0, 0.05) is 0 Å². The molecular weight excluding hydrogens is 192 g/mol. The van der Waals surface area contributed by atoms with Crippen LogP contribution >= 0.6 is 0 Å². The van der Waals surface area contributed by atoms with Gasteiger partial charge in [0.15, 0.2) is 0 Å². The molecule has 4 nitrogen and oxygen atoms in total. The first-order valence-electron chi connectivity index (χ1n) is 2.91. The van der Waals surface area contributed by atoms with Crippen LogP contribution in [0.4, 0.5) is 0 Å². The van der Waals surface area contributed by atoms with Crippen LogP contribution in [0, 0.1) is 10.8 Å². The van der Waals surface area contributed by atoms with Gasteiger partial charge >= 0.3 is 0 Å². The van der Waals surface area contributed by atoms with Crippen molar-refractivity contribution in [2.24, 2.45) is 0 Å². The summed E-state index contributed by atoms with van der Waals surface area (Å²) in [4.78, 5) is 16.7. The van der Waals surface area contributed by atoms with Crippen molar-refractivity contribution in [2.45, 2.75) is 22.3 Å². The van der Waals surface area contributed by atoms with Crippen LogP contribution < -0.4 is 0 Å². The SMILES string of the molecule is C.C.C.N=C=O.N=C=O.c1ccccc1. The Morgan fingerprint density at radius 2 is 0.667 bits per heavy atom. The first-order valence-corrected chi connectivity index (χ1v) is 2.91. The molecule has 0 amide bonds. The van der Waals surface area contributed by atoms with E-state index in [1.165, 1.54) is 0 Å². The quantitative estimate of drug-likeness (QED) is 0.510. The van der Waals surface area contributed by atoms with E-state index in [2.05, 4.69) is 0 Å². The summed E-state index contributed by atoms with van der Waals surface area (Å²) in [7, 11) is 0. The van der Waals surface area contributed by atoms with Crippen LogP contribution in [-0.4, -0.2) is 12.2 Å². The van der Waals surface area contributed by atoms with E-state index in [9.17, 15) is 0 Å². The van der Waals surface area contributed by atoms with Crippen LogP contribution in [0.1, 0.15) is 22.3 Å². The van der Waals surface area contributed by atoms with E-state index >= 15 is 0 Å². The standard InChI is InChI=1S/C6H6.2CHNO.3CH4/c1-2-4-6-5-3-1;2*2-1-3;;;/h1-6H;2*2H;3*1H4. The Balaban J connectivity index is -0.0000000333. The van der Waals surface area contributed by atoms with E-state index < -0.39 is 0 Å². The maximum atomic E-state index is 8.35. The molecular formula is C11H20N2O2. The summed E-state index contributed by atoms with van der Waals surface area (Å²) >= 11 is 0. The smallest absolute Gasteiger partial charge is 0.222 e. The molecule has 15 heavy (non-hydrogen) atoms. The normalized spacial score (nSPS) is 4.27. The Kier molecular flexibility index (Phi) is 78.8. The molecule has 4 heteroatoms. The Hall–Kier alpha value is -2.02. The monoisotopic (exact) mass is 212 g/mol. The lowest BCUT2D eigenvalue weighted by Gasteiger charge is -1.69. The van der Waals surface area contributed by atoms with E-state index in [0.29, 0.717) is 0 Å². The molecule has 2 N–H and O–H groups in total. The van der Waals surface area contributed by atoms with Gasteiger partial charge < -0.3 is 0 Å². The number of hydrogen-bond donors (Lipinski definition) is 2. The van der Waals surface area contributed by atoms with E-state index in [1.54, 1.807) is 0 Å². The van der Waals surface area contributed by atoms with Gasteiger partial charge in [-0.1, -0.05) is 58.7 Å². The Morgan fingerprint density at radius 1 is 0.600 bits per heavy atom. The summed E-state index contributed by atoms with van der Waals surface area (Å²) in [6.07, 6.45) is 1.50. The molecule has 0 saturated carbocycles. The van der Waals surface area contributed by atoms with Crippen LogP contribution in [0.3, 0.4) is 0 Å². The van der Waals surface area contributed by atoms with Crippen molar-refractivity contribution in [2.75, 3.05) is 0 Å². The van der Waals surface area contributed by atoms with Crippen molar-refractivity contribution >= 4 is 12.2 Å². The Labute approximate surface area is 92.0 Å². The molecule has 0 bridgehead atoms. The first-order chi connectivity index (χ1) is 5.83. The fraction of sp³-hybridized carbons (Fsp3) is 0.273. The first kappa shape index (κ1) is 29.3. The number of hydrogen-bond acceptors (Lipinski definition) is 4. The molecule has 0 aliphatic heterocycles. The zero-order valence-electron chi connectivity index (χ0n) is 6.28. The fourth-order valence-electron chi connectivity index (χ4n) is 0.385. The molecule has 0 unspecified atom stereocenters. The van der Waals surface area contributed by atoms with Crippen molar-refractivity contribution in [1.82, 2.24) is 0 Å². The number of benzene rings is 1. The van der Waals surface area contributed by atoms with Crippen LogP contribution in [0.5, 0.6) is 0 Å². The molecule has 0 radical (unpaired) electrons. The summed E-state index contributed by atoms with van der Waals surface area (Å²) in [5.74, 6) is 0. The second-order valence-electron chi connectivity index (χ2n) is 1.36. The molecule has 0 aromatic heterocycles. The van der Waals surface area contributed by atoms with Gasteiger partial charge in [-0.2, -0.15) is 0 Å². The van der Waals surface area contributed by atoms with Crippen LogP contribution in [0.25, 0.3) is 0 Å². The number of rotatable bonds is 0. The maximum absolute atomic E-state index is 8.35. The van der Waals surface area contributed by atoms with E-state index in [1.807, 2.05) is 36.4 Å². The van der Waals surface area contributed by atoms with Crippen molar-refractivity contribution < 1.29 is 9.59 Å². The number of isocyanates is 2. The zero-order valence-corrected chi connectivity index (χ0v) is 6.28. The van der Waals surface area contributed by atoms with Gasteiger partial charge in [0.1, 0.15) is 0 Å². The number of nitrogens with one attached hydrogen (secondary N) is 2. The molecule has 0 saturated heterocycles. The third-order valence-electron chi connectivity index (χ3n) is 0.667. The molecule has 0 heterocycles. The lowest BCUT2D eigenvalue weighted by Crippen LogP contribution is -1.47. The van der Waals surface area contributed by atoms with Crippen molar-refractivity contribution in [1.29, 1.82) is 10.8 Å². The number of carbonyl (C=O) groups excluding carboxylic acids is 2. The highest BCUT2D eigenvalue weighted by molar-refractivity contribution is 5.26. The summed E-state index contributed by atoms with van der Waals surface area (Å²) in [5, 5.41) is 10.8. The van der Waals surface area contributed by atoms with Crippen molar-refractivity contribution in [3.05, 3.63) is 36.4 Å². The molecule has 0 aliphatic carbocycles. The predicted molar refractivity (Wildman–Crippen MR) is 63.5 cm³/mol. The zero-order chi connectivity index (χ0) is 9.66. The van der Waals surface area contributed by atoms with Gasteiger partial charge in [-0.25, -0.2) is 20.4 Å². The van der Waals surface area contributed by atoms with Gasteiger partial charge in [-0.05, 0) is 0 Å². The van der Waals surface area contributed by atoms with Crippen LogP contribution in [0.15, 0.2) is 36.4 Å². The van der Waals surface area contributed by atoms with Gasteiger partial charge in [-0.15, -0.1) is 0 Å². The van der Waals surface area contributed by atoms with Crippen LogP contribution in [0.2, 0.25) is 0 Å². The second-order valence-corrected chi connectivity index (χ2v) is 1.36. The molecule has 0 atom stereocenters. The highest BCUT2D eigenvalue weighted by Crippen LogP contribution is 1.79. The minimum Gasteiger partial charge on any atom is -0.222 e. The summed E-state index contributed by atoms with van der Waals surface area (Å²) in [6, 6.07) is 12.0. The third kappa shape index (κ3) is 75.3. The second kappa shape index (κ2) is 40.4. The highest BCUT2D eigenvalue weighted by atomic mass is 16.1. The largest absolute Gasteiger partial charge is 0.231 e. The Bertz CT molecular complexity index is 197. The summed E-state index contributed by atoms with van der Waals surface area (Å²) < 4.78 is 0. The lowest BCUT2D eigenvalue weighted by atomic mass is 10.4. The molecule has 0 fully saturated rings. The van der Waals surface area contributed by atoms with Crippen LogP contribution in [-0.2, 0) is 9.59 Å². The van der Waals surface area contributed by atoms with E-state index in [-0.39, 0.29) is 22.3 Å². The minimum absolute atomic E-state index is 0. The molecule has 1 aromatic carbocycles. The fourth-order valence-corrected chi connectivity index (χ4v) is 0.385. The molecule has 0 aliphatic rings. The lowest BCUT2D eigenvalue weighted by molar-refractivity contribution is 0.562. The summed E-state index contributed by atoms with van der Waals surface area (Å²) in [6.45, 7) is 0. The van der Waals surface area contributed by atoms with Crippen molar-refractivity contribution in [3.63, 3.8) is 0 Å². The minimum atomic E-state index is 0. The molecule has 86 valence electrons. The van der Waals surface area contributed by atoms with E-state index in [0.717, 1.165) is 12.2 Å². The van der Waals surface area contributed by atoms with Gasteiger partial charge in [0.2, 0.25) is 12.2 Å².